The Hall–Kier alpha value is -4.47. The van der Waals surface area contributed by atoms with Crippen LogP contribution in [0.3, 0.4) is 0 Å². The maximum atomic E-state index is 12.6. The number of amides is 2. The van der Waals surface area contributed by atoms with Crippen molar-refractivity contribution in [1.29, 1.82) is 0 Å². The Bertz CT molecular complexity index is 1460. The number of ether oxygens (including phenoxy) is 1. The van der Waals surface area contributed by atoms with Crippen molar-refractivity contribution in [2.75, 3.05) is 30.3 Å². The lowest BCUT2D eigenvalue weighted by atomic mass is 9.94. The molecule has 0 bridgehead atoms. The van der Waals surface area contributed by atoms with Gasteiger partial charge < -0.3 is 20.3 Å². The molecule has 1 atom stereocenters. The number of fused-ring (bicyclic) bond motifs is 1. The molecule has 2 N–H and O–H groups in total. The molecule has 4 aromatic heterocycles. The molecule has 4 aromatic rings. The normalized spacial score (nSPS) is 15.7. The van der Waals surface area contributed by atoms with Crippen molar-refractivity contribution < 1.29 is 14.3 Å². The predicted molar refractivity (Wildman–Crippen MR) is 150 cm³/mol. The van der Waals surface area contributed by atoms with E-state index in [1.807, 2.05) is 69.4 Å². The molecule has 10 nitrogen and oxygen atoms in total. The minimum atomic E-state index is -0.528. The van der Waals surface area contributed by atoms with Crippen LogP contribution in [0.25, 0.3) is 16.8 Å². The maximum Gasteiger partial charge on any atom is 0.410 e. The molecule has 0 radical (unpaired) electrons. The third kappa shape index (κ3) is 6.51. The van der Waals surface area contributed by atoms with E-state index < -0.39 is 5.60 Å². The zero-order valence-electron chi connectivity index (χ0n) is 22.4. The number of anilines is 2. The fraction of sp³-hybridized carbons (Fsp3) is 0.345. The standard InChI is InChI=1S/C29H33N7O3/c1-29(2,3)39-28(38)35-13-6-7-20(19-35)24-9-4-10-25(34-24)23-17-32-36-14-11-21(15-26(23)36)33-27(37)18-31-22-8-5-12-30-16-22/h4-5,8-12,14-17,20,31H,6-7,13,18-19H2,1-3H3,(H,33,37). The first-order valence-electron chi connectivity index (χ1n) is 13.1. The summed E-state index contributed by atoms with van der Waals surface area (Å²) in [7, 11) is 0. The van der Waals surface area contributed by atoms with Gasteiger partial charge in [0.2, 0.25) is 5.91 Å². The number of carbonyl (C=O) groups excluding carboxylic acids is 2. The quantitative estimate of drug-likeness (QED) is 0.364. The Morgan fingerprint density at radius 3 is 2.77 bits per heavy atom. The van der Waals surface area contributed by atoms with E-state index in [1.165, 1.54) is 0 Å². The average Bonchev–Trinajstić information content (AvgIpc) is 3.35. The highest BCUT2D eigenvalue weighted by atomic mass is 16.6. The molecule has 5 rings (SSSR count). The van der Waals surface area contributed by atoms with Gasteiger partial charge >= 0.3 is 6.09 Å². The number of piperidine rings is 1. The highest BCUT2D eigenvalue weighted by molar-refractivity contribution is 5.95. The number of hydrogen-bond donors (Lipinski definition) is 2. The fourth-order valence-corrected chi connectivity index (χ4v) is 4.65. The van der Waals surface area contributed by atoms with Crippen molar-refractivity contribution in [1.82, 2.24) is 24.5 Å². The molecular weight excluding hydrogens is 494 g/mol. The van der Waals surface area contributed by atoms with Gasteiger partial charge in [0, 0.05) is 54.5 Å². The Morgan fingerprint density at radius 1 is 1.10 bits per heavy atom. The van der Waals surface area contributed by atoms with Gasteiger partial charge in [-0.15, -0.1) is 0 Å². The largest absolute Gasteiger partial charge is 0.444 e. The smallest absolute Gasteiger partial charge is 0.410 e. The molecule has 1 aliphatic rings. The minimum Gasteiger partial charge on any atom is -0.444 e. The molecule has 39 heavy (non-hydrogen) atoms. The molecule has 2 amide bonds. The van der Waals surface area contributed by atoms with Crippen LogP contribution in [-0.4, -0.2) is 61.7 Å². The molecular formula is C29H33N7O3. The number of carbonyl (C=O) groups is 2. The van der Waals surface area contributed by atoms with E-state index in [4.69, 9.17) is 9.72 Å². The number of aromatic nitrogens is 4. The SMILES string of the molecule is CC(C)(C)OC(=O)N1CCCC(c2cccc(-c3cnn4ccc(NC(=O)CNc5cccnc5)cc34)n2)C1. The molecule has 5 heterocycles. The van der Waals surface area contributed by atoms with Gasteiger partial charge in [0.05, 0.1) is 29.6 Å². The molecule has 1 fully saturated rings. The molecule has 1 aliphatic heterocycles. The summed E-state index contributed by atoms with van der Waals surface area (Å²) in [5.41, 5.74) is 4.33. The summed E-state index contributed by atoms with van der Waals surface area (Å²) in [5.74, 6) is -0.0496. The van der Waals surface area contributed by atoms with E-state index in [9.17, 15) is 9.59 Å². The van der Waals surface area contributed by atoms with Gasteiger partial charge in [0.1, 0.15) is 5.60 Å². The first kappa shape index (κ1) is 26.1. The van der Waals surface area contributed by atoms with E-state index >= 15 is 0 Å². The Labute approximate surface area is 227 Å². The van der Waals surface area contributed by atoms with Crippen LogP contribution in [0, 0.1) is 0 Å². The van der Waals surface area contributed by atoms with Crippen LogP contribution in [0.15, 0.2) is 67.3 Å². The second kappa shape index (κ2) is 11.1. The maximum absolute atomic E-state index is 12.6. The highest BCUT2D eigenvalue weighted by Gasteiger charge is 2.29. The molecule has 0 saturated carbocycles. The van der Waals surface area contributed by atoms with Crippen LogP contribution in [0.4, 0.5) is 16.2 Å². The second-order valence-electron chi connectivity index (χ2n) is 10.7. The first-order valence-corrected chi connectivity index (χ1v) is 13.1. The lowest BCUT2D eigenvalue weighted by molar-refractivity contribution is -0.114. The summed E-state index contributed by atoms with van der Waals surface area (Å²) in [5, 5.41) is 10.5. The lowest BCUT2D eigenvalue weighted by Gasteiger charge is -2.34. The van der Waals surface area contributed by atoms with Crippen LogP contribution in [0.2, 0.25) is 0 Å². The van der Waals surface area contributed by atoms with Crippen molar-refractivity contribution in [3.05, 3.63) is 72.9 Å². The van der Waals surface area contributed by atoms with Crippen LogP contribution < -0.4 is 10.6 Å². The van der Waals surface area contributed by atoms with Crippen LogP contribution >= 0.6 is 0 Å². The van der Waals surface area contributed by atoms with Crippen molar-refractivity contribution in [2.24, 2.45) is 0 Å². The molecule has 10 heteroatoms. The van der Waals surface area contributed by atoms with E-state index in [-0.39, 0.29) is 24.5 Å². The Morgan fingerprint density at radius 2 is 1.97 bits per heavy atom. The molecule has 1 unspecified atom stereocenters. The number of likely N-dealkylation sites (tertiary alicyclic amines) is 1. The number of nitrogens with one attached hydrogen (secondary N) is 2. The third-order valence-corrected chi connectivity index (χ3v) is 6.46. The summed E-state index contributed by atoms with van der Waals surface area (Å²) < 4.78 is 7.35. The summed E-state index contributed by atoms with van der Waals surface area (Å²) in [6.07, 6.45) is 8.51. The van der Waals surface area contributed by atoms with Crippen LogP contribution in [0.1, 0.15) is 45.2 Å². The summed E-state index contributed by atoms with van der Waals surface area (Å²) in [6, 6.07) is 13.3. The second-order valence-corrected chi connectivity index (χ2v) is 10.7. The summed E-state index contributed by atoms with van der Waals surface area (Å²) in [6.45, 7) is 7.01. The van der Waals surface area contributed by atoms with Crippen molar-refractivity contribution >= 4 is 28.9 Å². The van der Waals surface area contributed by atoms with E-state index in [1.54, 1.807) is 28.0 Å². The number of hydrogen-bond acceptors (Lipinski definition) is 7. The van der Waals surface area contributed by atoms with E-state index in [2.05, 4.69) is 20.7 Å². The highest BCUT2D eigenvalue weighted by Crippen LogP contribution is 2.30. The minimum absolute atomic E-state index is 0.119. The zero-order chi connectivity index (χ0) is 27.4. The third-order valence-electron chi connectivity index (χ3n) is 6.46. The van der Waals surface area contributed by atoms with Gasteiger partial charge in [-0.2, -0.15) is 5.10 Å². The summed E-state index contributed by atoms with van der Waals surface area (Å²) >= 11 is 0. The topological polar surface area (TPSA) is 114 Å². The molecule has 0 spiro atoms. The summed E-state index contributed by atoms with van der Waals surface area (Å²) in [4.78, 5) is 36.0. The first-order chi connectivity index (χ1) is 18.7. The van der Waals surface area contributed by atoms with Crippen LogP contribution in [0.5, 0.6) is 0 Å². The molecule has 1 saturated heterocycles. The predicted octanol–water partition coefficient (Wildman–Crippen LogP) is 4.96. The Kier molecular flexibility index (Phi) is 7.44. The number of pyridine rings is 3. The van der Waals surface area contributed by atoms with Gasteiger partial charge in [-0.3, -0.25) is 14.8 Å². The van der Waals surface area contributed by atoms with Crippen molar-refractivity contribution in [2.45, 2.75) is 45.1 Å². The van der Waals surface area contributed by atoms with Gasteiger partial charge in [-0.05, 0) is 70.0 Å². The zero-order valence-corrected chi connectivity index (χ0v) is 22.4. The van der Waals surface area contributed by atoms with E-state index in [0.29, 0.717) is 18.8 Å². The van der Waals surface area contributed by atoms with Crippen molar-refractivity contribution in [3.63, 3.8) is 0 Å². The van der Waals surface area contributed by atoms with Crippen molar-refractivity contribution in [3.8, 4) is 11.3 Å². The van der Waals surface area contributed by atoms with Gasteiger partial charge in [-0.25, -0.2) is 9.31 Å². The molecule has 202 valence electrons. The number of nitrogens with zero attached hydrogens (tertiary/aromatic N) is 5. The monoisotopic (exact) mass is 527 g/mol. The van der Waals surface area contributed by atoms with Crippen LogP contribution in [-0.2, 0) is 9.53 Å². The van der Waals surface area contributed by atoms with Gasteiger partial charge in [-0.1, -0.05) is 6.07 Å². The van der Waals surface area contributed by atoms with Gasteiger partial charge in [0.15, 0.2) is 0 Å². The number of rotatable bonds is 6. The molecule has 0 aromatic carbocycles. The Balaban J connectivity index is 1.31. The van der Waals surface area contributed by atoms with Gasteiger partial charge in [0.25, 0.3) is 0 Å². The van der Waals surface area contributed by atoms with E-state index in [0.717, 1.165) is 41.0 Å². The lowest BCUT2D eigenvalue weighted by Crippen LogP contribution is -2.42. The molecule has 0 aliphatic carbocycles. The fourth-order valence-electron chi connectivity index (χ4n) is 4.65. The average molecular weight is 528 g/mol.